The number of alkyl halides is 1. The van der Waals surface area contributed by atoms with E-state index in [1.807, 2.05) is 12.1 Å². The Balaban J connectivity index is 2.32. The van der Waals surface area contributed by atoms with Crippen molar-refractivity contribution in [3.05, 3.63) is 35.4 Å². The highest BCUT2D eigenvalue weighted by Gasteiger charge is 2.22. The first-order valence-corrected chi connectivity index (χ1v) is 14.5. The molecule has 31 heavy (non-hydrogen) atoms. The predicted molar refractivity (Wildman–Crippen MR) is 145 cm³/mol. The summed E-state index contributed by atoms with van der Waals surface area (Å²) < 4.78 is 0.917. The molecule has 0 aliphatic carbocycles. The smallest absolute Gasteiger partial charge is 0.306 e. The Bertz CT molecular complexity index is 622. The fourth-order valence-electron chi connectivity index (χ4n) is 3.39. The van der Waals surface area contributed by atoms with E-state index in [2.05, 4.69) is 19.1 Å². The Kier molecular flexibility index (Phi) is 16.9. The molecule has 176 valence electrons. The van der Waals surface area contributed by atoms with E-state index in [9.17, 15) is 9.90 Å². The van der Waals surface area contributed by atoms with E-state index in [0.717, 1.165) is 20.4 Å². The fourth-order valence-corrected chi connectivity index (χ4v) is 6.46. The molecule has 2 unspecified atom stereocenters. The van der Waals surface area contributed by atoms with Crippen molar-refractivity contribution in [1.29, 1.82) is 0 Å². The van der Waals surface area contributed by atoms with Crippen LogP contribution in [0.1, 0.15) is 101 Å². The highest BCUT2D eigenvalue weighted by molar-refractivity contribution is 8.47. The fraction of sp³-hybridized carbons (Fsp3) is 0.680. The highest BCUT2D eigenvalue weighted by atomic mass is 35.5. The van der Waals surface area contributed by atoms with Crippen molar-refractivity contribution >= 4 is 56.8 Å². The molecule has 1 N–H and O–H groups in total. The van der Waals surface area contributed by atoms with Crippen molar-refractivity contribution in [2.24, 2.45) is 5.92 Å². The number of hydrogen-bond acceptors (Lipinski definition) is 4. The molecule has 1 aromatic rings. The van der Waals surface area contributed by atoms with Crippen molar-refractivity contribution in [3.8, 4) is 0 Å². The Morgan fingerprint density at radius 2 is 1.55 bits per heavy atom. The summed E-state index contributed by atoms with van der Waals surface area (Å²) in [5.74, 6) is 0.373. The molecule has 0 radical (unpaired) electrons. The van der Waals surface area contributed by atoms with E-state index in [-0.39, 0.29) is 5.25 Å². The van der Waals surface area contributed by atoms with Gasteiger partial charge in [0.15, 0.2) is 0 Å². The number of halogens is 1. The molecule has 0 aliphatic heterocycles. The second-order valence-electron chi connectivity index (χ2n) is 8.24. The molecule has 0 heterocycles. The standard InChI is InChI=1S/C25H39ClO2S3/c1-3-4-5-6-7-8-9-10-11-12-17-30-25(29)31-23(18-20(2)24(27)28)22-15-13-21(19-26)14-16-22/h13-16,20,23H,3-12,17-19H2,1-2H3,(H,27,28). The van der Waals surface area contributed by atoms with Gasteiger partial charge < -0.3 is 5.11 Å². The number of unbranched alkanes of at least 4 members (excludes halogenated alkanes) is 9. The predicted octanol–water partition coefficient (Wildman–Crippen LogP) is 9.25. The van der Waals surface area contributed by atoms with Crippen LogP contribution >= 0.6 is 47.3 Å². The van der Waals surface area contributed by atoms with Gasteiger partial charge in [0.2, 0.25) is 0 Å². The number of aliphatic carboxylic acids is 1. The van der Waals surface area contributed by atoms with Crippen molar-refractivity contribution in [2.45, 2.75) is 95.6 Å². The van der Waals surface area contributed by atoms with Gasteiger partial charge in [0, 0.05) is 11.1 Å². The molecule has 0 spiro atoms. The number of carboxylic acids is 1. The number of carboxylic acid groups (broad SMARTS) is 1. The topological polar surface area (TPSA) is 37.3 Å². The maximum atomic E-state index is 11.4. The summed E-state index contributed by atoms with van der Waals surface area (Å²) >= 11 is 14.9. The number of benzene rings is 1. The zero-order chi connectivity index (χ0) is 22.9. The first-order chi connectivity index (χ1) is 15.0. The highest BCUT2D eigenvalue weighted by Crippen LogP contribution is 2.39. The largest absolute Gasteiger partial charge is 0.481 e. The lowest BCUT2D eigenvalue weighted by Gasteiger charge is -2.19. The van der Waals surface area contributed by atoms with Gasteiger partial charge in [-0.2, -0.15) is 0 Å². The zero-order valence-electron chi connectivity index (χ0n) is 19.1. The van der Waals surface area contributed by atoms with Crippen LogP contribution in [0, 0.1) is 5.92 Å². The third-order valence-corrected chi connectivity index (χ3v) is 8.71. The van der Waals surface area contributed by atoms with Crippen LogP contribution in [0.5, 0.6) is 0 Å². The summed E-state index contributed by atoms with van der Waals surface area (Å²) in [4.78, 5) is 11.4. The molecule has 0 aromatic heterocycles. The molecule has 0 aliphatic rings. The van der Waals surface area contributed by atoms with Crippen LogP contribution in [0.25, 0.3) is 0 Å². The molecule has 6 heteroatoms. The first-order valence-electron chi connectivity index (χ1n) is 11.7. The van der Waals surface area contributed by atoms with E-state index in [4.69, 9.17) is 23.8 Å². The molecule has 2 nitrogen and oxygen atoms in total. The minimum absolute atomic E-state index is 0.0585. The van der Waals surface area contributed by atoms with Crippen LogP contribution in [-0.2, 0) is 10.7 Å². The van der Waals surface area contributed by atoms with Gasteiger partial charge in [-0.25, -0.2) is 0 Å². The third-order valence-electron chi connectivity index (χ3n) is 5.45. The van der Waals surface area contributed by atoms with Crippen LogP contribution in [0.4, 0.5) is 0 Å². The monoisotopic (exact) mass is 502 g/mol. The number of carbonyl (C=O) groups is 1. The van der Waals surface area contributed by atoms with Gasteiger partial charge in [-0.3, -0.25) is 4.79 Å². The summed E-state index contributed by atoms with van der Waals surface area (Å²) in [5.41, 5.74) is 2.19. The van der Waals surface area contributed by atoms with Crippen LogP contribution in [0.2, 0.25) is 0 Å². The van der Waals surface area contributed by atoms with E-state index in [0.29, 0.717) is 12.3 Å². The molecule has 0 saturated heterocycles. The Morgan fingerprint density at radius 1 is 1.00 bits per heavy atom. The van der Waals surface area contributed by atoms with Gasteiger partial charge in [-0.05, 0) is 29.7 Å². The average molecular weight is 503 g/mol. The van der Waals surface area contributed by atoms with E-state index >= 15 is 0 Å². The lowest BCUT2D eigenvalue weighted by Crippen LogP contribution is -2.13. The molecule has 0 saturated carbocycles. The van der Waals surface area contributed by atoms with Gasteiger partial charge in [0.1, 0.15) is 3.53 Å². The second-order valence-corrected chi connectivity index (χ2v) is 12.0. The van der Waals surface area contributed by atoms with Gasteiger partial charge in [-0.1, -0.05) is 120 Å². The average Bonchev–Trinajstić information content (AvgIpc) is 2.77. The first kappa shape index (κ1) is 28.8. The van der Waals surface area contributed by atoms with E-state index in [1.165, 1.54) is 64.2 Å². The number of rotatable bonds is 17. The minimum atomic E-state index is -0.757. The van der Waals surface area contributed by atoms with Gasteiger partial charge in [0.25, 0.3) is 0 Å². The Hall–Kier alpha value is -0.230. The summed E-state index contributed by atoms with van der Waals surface area (Å²) in [6, 6.07) is 8.14. The summed E-state index contributed by atoms with van der Waals surface area (Å²) in [5, 5.41) is 9.40. The Morgan fingerprint density at radius 3 is 2.06 bits per heavy atom. The van der Waals surface area contributed by atoms with Crippen LogP contribution in [0.15, 0.2) is 24.3 Å². The summed E-state index contributed by atoms with van der Waals surface area (Å²) in [6.07, 6.45) is 14.0. The molecule has 2 atom stereocenters. The van der Waals surface area contributed by atoms with Crippen LogP contribution in [0.3, 0.4) is 0 Å². The number of thioether (sulfide) groups is 2. The van der Waals surface area contributed by atoms with Crippen LogP contribution < -0.4 is 0 Å². The summed E-state index contributed by atoms with van der Waals surface area (Å²) in [6.45, 7) is 4.03. The van der Waals surface area contributed by atoms with Gasteiger partial charge >= 0.3 is 5.97 Å². The zero-order valence-corrected chi connectivity index (χ0v) is 22.3. The SMILES string of the molecule is CCCCCCCCCCCCSC(=S)SC(CC(C)C(=O)O)c1ccc(CCl)cc1. The normalized spacial score (nSPS) is 13.1. The Labute approximate surface area is 208 Å². The number of hydrogen-bond donors (Lipinski definition) is 1. The van der Waals surface area contributed by atoms with Gasteiger partial charge in [0.05, 0.1) is 5.92 Å². The minimum Gasteiger partial charge on any atom is -0.481 e. The molecule has 0 bridgehead atoms. The molecular weight excluding hydrogens is 464 g/mol. The third kappa shape index (κ3) is 13.8. The lowest BCUT2D eigenvalue weighted by molar-refractivity contribution is -0.141. The molecule has 1 rings (SSSR count). The molecule has 1 aromatic carbocycles. The molecular formula is C25H39ClO2S3. The molecule has 0 fully saturated rings. The van der Waals surface area contributed by atoms with E-state index in [1.54, 1.807) is 30.4 Å². The van der Waals surface area contributed by atoms with Gasteiger partial charge in [-0.15, -0.1) is 23.4 Å². The number of thiocarbonyl (C=S) groups is 1. The van der Waals surface area contributed by atoms with Crippen molar-refractivity contribution < 1.29 is 9.90 Å². The van der Waals surface area contributed by atoms with Crippen LogP contribution in [-0.4, -0.2) is 20.4 Å². The quantitative estimate of drug-likeness (QED) is 0.130. The maximum absolute atomic E-state index is 11.4. The van der Waals surface area contributed by atoms with Crippen molar-refractivity contribution in [1.82, 2.24) is 0 Å². The van der Waals surface area contributed by atoms with E-state index < -0.39 is 11.9 Å². The molecule has 0 amide bonds. The lowest BCUT2D eigenvalue weighted by atomic mass is 10.00. The maximum Gasteiger partial charge on any atom is 0.306 e. The van der Waals surface area contributed by atoms with Crippen molar-refractivity contribution in [3.63, 3.8) is 0 Å². The second kappa shape index (κ2) is 18.2. The summed E-state index contributed by atoms with van der Waals surface area (Å²) in [7, 11) is 0. The van der Waals surface area contributed by atoms with Crippen molar-refractivity contribution in [2.75, 3.05) is 5.75 Å².